The van der Waals surface area contributed by atoms with Crippen molar-refractivity contribution in [1.29, 1.82) is 0 Å². The van der Waals surface area contributed by atoms with Crippen LogP contribution in [0.1, 0.15) is 22.8 Å². The number of nitrogens with zero attached hydrogens (tertiary/aromatic N) is 5. The molecular weight excluding hydrogens is 746 g/mol. The summed E-state index contributed by atoms with van der Waals surface area (Å²) in [5.41, 5.74) is 8.25. The van der Waals surface area contributed by atoms with E-state index in [1.54, 1.807) is 0 Å². The molecule has 1 amide bonds. The van der Waals surface area contributed by atoms with Gasteiger partial charge in [-0.05, 0) is 6.07 Å². The lowest BCUT2D eigenvalue weighted by molar-refractivity contribution is -0.765. The molecule has 5 heterocycles. The van der Waals surface area contributed by atoms with Gasteiger partial charge in [-0.3, -0.25) is 23.2 Å². The lowest BCUT2D eigenvalue weighted by Crippen LogP contribution is -2.46. The Bertz CT molecular complexity index is 1770. The third-order valence-electron chi connectivity index (χ3n) is 7.56. The van der Waals surface area contributed by atoms with Crippen molar-refractivity contribution in [3.63, 3.8) is 0 Å². The van der Waals surface area contributed by atoms with Crippen LogP contribution in [-0.4, -0.2) is 132 Å². The lowest BCUT2D eigenvalue weighted by Gasteiger charge is -2.20. The molecule has 2 aliphatic rings. The normalized spacial score (nSPS) is 28.5. The zero-order chi connectivity index (χ0) is 37.6. The van der Waals surface area contributed by atoms with Gasteiger partial charge < -0.3 is 55.0 Å². The van der Waals surface area contributed by atoms with Crippen molar-refractivity contribution in [3.05, 3.63) is 42.7 Å². The Morgan fingerprint density at radius 3 is 2.31 bits per heavy atom. The van der Waals surface area contributed by atoms with E-state index in [-0.39, 0.29) is 49.0 Å². The van der Waals surface area contributed by atoms with Crippen LogP contribution in [0.25, 0.3) is 11.2 Å². The molecule has 25 nitrogen and oxygen atoms in total. The van der Waals surface area contributed by atoms with Crippen molar-refractivity contribution in [2.75, 3.05) is 45.1 Å². The average Bonchev–Trinajstić information content (AvgIpc) is 3.75. The third kappa shape index (κ3) is 9.67. The second kappa shape index (κ2) is 17.3. The second-order valence-corrected chi connectivity index (χ2v) is 14.1. The first-order valence-corrected chi connectivity index (χ1v) is 18.1. The number of primary amides is 1. The number of hydrogen-bond acceptors (Lipinski definition) is 20. The summed E-state index contributed by atoms with van der Waals surface area (Å²) in [6.07, 6.45) is -7.09. The van der Waals surface area contributed by atoms with Gasteiger partial charge in [-0.15, -0.1) is 0 Å². The molecule has 0 aliphatic carbocycles. The number of rotatable bonds is 19. The van der Waals surface area contributed by atoms with Crippen molar-refractivity contribution in [2.45, 2.75) is 49.1 Å². The Morgan fingerprint density at radius 1 is 0.942 bits per heavy atom. The molecule has 0 saturated carbocycles. The molecule has 10 atom stereocenters. The summed E-state index contributed by atoms with van der Waals surface area (Å²) < 4.78 is 57.8. The number of nitrogens with one attached hydrogen (secondary N) is 1. The number of aliphatic hydroxyl groups excluding tert-OH is 4. The molecule has 2 fully saturated rings. The Balaban J connectivity index is 1.13. The standard InChI is InChI=1S/C25H36N8O17P2/c26-21(38)13-2-1-3-32(8-13)24-19(36)17(34)14(48-24)9-46-51(39,40)50-52(41,42)47-10-15-18(35)20(37)25(49-15)33-12-30-16-22(28-11-29-23(16)33)31-45-7-5-43-4-6-44-27/h1-3,8,11-12,14-15,17-20,24-25,34-37H,4-7,9-10,27H2,(H4-,26,28,29,31,38,39,40,41,42)/p+1. The van der Waals surface area contributed by atoms with Crippen LogP contribution in [0.15, 0.2) is 37.2 Å². The van der Waals surface area contributed by atoms with Crippen molar-refractivity contribution >= 4 is 38.5 Å². The molecule has 2 aliphatic heterocycles. The highest BCUT2D eigenvalue weighted by Gasteiger charge is 2.50. The number of phosphoric ester groups is 2. The topological polar surface area (TPSA) is 358 Å². The summed E-state index contributed by atoms with van der Waals surface area (Å²) in [7, 11) is -10.8. The van der Waals surface area contributed by atoms with Crippen LogP contribution in [0.3, 0.4) is 0 Å². The summed E-state index contributed by atoms with van der Waals surface area (Å²) in [5.74, 6) is 4.29. The van der Waals surface area contributed by atoms with Gasteiger partial charge in [-0.1, -0.05) is 0 Å². The van der Waals surface area contributed by atoms with E-state index in [1.807, 2.05) is 0 Å². The molecule has 2 saturated heterocycles. The van der Waals surface area contributed by atoms with Crippen LogP contribution in [-0.2, 0) is 46.4 Å². The first-order valence-electron chi connectivity index (χ1n) is 15.2. The highest BCUT2D eigenvalue weighted by molar-refractivity contribution is 7.61. The molecule has 0 radical (unpaired) electrons. The minimum atomic E-state index is -5.42. The SMILES string of the molecule is NOCCOCCONc1ncnc2c1ncn2C1OC(COP(=O)(O)OP(=O)(O)OCC2OC([n+]3cccc(C(N)=O)c3)C(O)C2O)C(O)C1O. The number of carbonyl (C=O) groups is 1. The van der Waals surface area contributed by atoms with E-state index in [4.69, 9.17) is 39.7 Å². The molecular formula is C25H37N8O17P2+. The summed E-state index contributed by atoms with van der Waals surface area (Å²) in [6.45, 7) is -1.05. The fourth-order valence-corrected chi connectivity index (χ4v) is 7.15. The fourth-order valence-electron chi connectivity index (χ4n) is 5.06. The summed E-state index contributed by atoms with van der Waals surface area (Å²) in [4.78, 5) is 53.8. The van der Waals surface area contributed by atoms with E-state index in [0.29, 0.717) is 0 Å². The van der Waals surface area contributed by atoms with Crippen LogP contribution in [0, 0.1) is 0 Å². The van der Waals surface area contributed by atoms with Crippen LogP contribution >= 0.6 is 15.6 Å². The van der Waals surface area contributed by atoms with Crippen molar-refractivity contribution in [3.8, 4) is 0 Å². The molecule has 0 aromatic carbocycles. The molecule has 3 aromatic heterocycles. The number of phosphoric acid groups is 2. The molecule has 0 spiro atoms. The Kier molecular flexibility index (Phi) is 13.3. The fraction of sp³-hybridized carbons (Fsp3) is 0.560. The third-order valence-corrected chi connectivity index (χ3v) is 10.2. The van der Waals surface area contributed by atoms with Crippen molar-refractivity contribution in [1.82, 2.24) is 19.5 Å². The monoisotopic (exact) mass is 783 g/mol. The van der Waals surface area contributed by atoms with E-state index in [1.165, 1.54) is 40.0 Å². The van der Waals surface area contributed by atoms with Gasteiger partial charge in [-0.25, -0.2) is 35.5 Å². The highest BCUT2D eigenvalue weighted by Crippen LogP contribution is 2.60. The molecule has 288 valence electrons. The zero-order valence-corrected chi connectivity index (χ0v) is 28.6. The molecule has 11 N–H and O–H groups in total. The first-order chi connectivity index (χ1) is 24.7. The van der Waals surface area contributed by atoms with Gasteiger partial charge in [0.2, 0.25) is 0 Å². The maximum atomic E-state index is 12.6. The minimum Gasteiger partial charge on any atom is -0.387 e. The van der Waals surface area contributed by atoms with Gasteiger partial charge in [0.25, 0.3) is 12.1 Å². The van der Waals surface area contributed by atoms with Gasteiger partial charge in [0.05, 0.1) is 46.0 Å². The minimum absolute atomic E-state index is 0.0621. The van der Waals surface area contributed by atoms with Crippen LogP contribution < -0.4 is 21.7 Å². The average molecular weight is 784 g/mol. The molecule has 52 heavy (non-hydrogen) atoms. The molecule has 5 rings (SSSR count). The predicted octanol–water partition coefficient (Wildman–Crippen LogP) is -3.35. The van der Waals surface area contributed by atoms with E-state index in [0.717, 1.165) is 6.33 Å². The number of imidazole rings is 1. The Hall–Kier alpha value is -3.17. The molecule has 27 heteroatoms. The highest BCUT2D eigenvalue weighted by atomic mass is 31.3. The number of amides is 1. The van der Waals surface area contributed by atoms with Crippen LogP contribution in [0.4, 0.5) is 5.82 Å². The lowest BCUT2D eigenvalue weighted by atomic mass is 10.1. The Morgan fingerprint density at radius 2 is 1.62 bits per heavy atom. The summed E-state index contributed by atoms with van der Waals surface area (Å²) >= 11 is 0. The first kappa shape index (κ1) is 40.0. The van der Waals surface area contributed by atoms with Crippen molar-refractivity contribution in [2.24, 2.45) is 11.6 Å². The van der Waals surface area contributed by atoms with Gasteiger partial charge in [0, 0.05) is 6.07 Å². The van der Waals surface area contributed by atoms with E-state index in [2.05, 4.69) is 29.6 Å². The summed E-state index contributed by atoms with van der Waals surface area (Å²) in [5, 5.41) is 42.1. The number of ether oxygens (including phenoxy) is 3. The van der Waals surface area contributed by atoms with E-state index in [9.17, 15) is 44.1 Å². The number of anilines is 1. The number of nitrogens with two attached hydrogens (primary N) is 2. The van der Waals surface area contributed by atoms with Crippen molar-refractivity contribution < 1.29 is 85.9 Å². The van der Waals surface area contributed by atoms with Gasteiger partial charge in [0.15, 0.2) is 41.7 Å². The number of aromatic nitrogens is 5. The molecule has 0 bridgehead atoms. The summed E-state index contributed by atoms with van der Waals surface area (Å²) in [6, 6.07) is 2.83. The van der Waals surface area contributed by atoms with Crippen LogP contribution in [0.2, 0.25) is 0 Å². The zero-order valence-electron chi connectivity index (χ0n) is 26.8. The second-order valence-electron chi connectivity index (χ2n) is 11.1. The quantitative estimate of drug-likeness (QED) is 0.0248. The maximum absolute atomic E-state index is 12.6. The van der Waals surface area contributed by atoms with E-state index < -0.39 is 83.8 Å². The van der Waals surface area contributed by atoms with Gasteiger partial charge in [0.1, 0.15) is 42.4 Å². The number of fused-ring (bicyclic) bond motifs is 1. The van der Waals surface area contributed by atoms with Crippen LogP contribution in [0.5, 0.6) is 0 Å². The molecule has 3 aromatic rings. The maximum Gasteiger partial charge on any atom is 0.481 e. The number of hydrogen-bond donors (Lipinski definition) is 9. The van der Waals surface area contributed by atoms with Gasteiger partial charge in [-0.2, -0.15) is 8.88 Å². The Labute approximate surface area is 292 Å². The molecule has 10 unspecified atom stereocenters. The van der Waals surface area contributed by atoms with E-state index >= 15 is 0 Å². The number of pyridine rings is 1. The van der Waals surface area contributed by atoms with Gasteiger partial charge >= 0.3 is 15.6 Å². The number of carbonyl (C=O) groups excluding carboxylic acids is 1. The smallest absolute Gasteiger partial charge is 0.387 e. The predicted molar refractivity (Wildman–Crippen MR) is 165 cm³/mol. The largest absolute Gasteiger partial charge is 0.481 e. The number of aliphatic hydroxyl groups is 4.